The highest BCUT2D eigenvalue weighted by atomic mass is 15.4. The monoisotopic (exact) mass is 324 g/mol. The smallest absolute Gasteiger partial charge is 0.237 e. The van der Waals surface area contributed by atoms with Crippen molar-refractivity contribution < 1.29 is 4.57 Å². The van der Waals surface area contributed by atoms with Crippen LogP contribution < -0.4 is 25.0 Å². The van der Waals surface area contributed by atoms with Crippen LogP contribution in [0.15, 0.2) is 36.9 Å². The fraction of sp³-hybridized carbons (Fsp3) is 0.353. The van der Waals surface area contributed by atoms with Gasteiger partial charge in [-0.25, -0.2) is 24.3 Å². The van der Waals surface area contributed by atoms with Gasteiger partial charge in [-0.1, -0.05) is 0 Å². The van der Waals surface area contributed by atoms with E-state index in [0.29, 0.717) is 0 Å². The lowest BCUT2D eigenvalue weighted by molar-refractivity contribution is -0.645. The van der Waals surface area contributed by atoms with Crippen molar-refractivity contribution in [1.29, 1.82) is 0 Å². The second-order valence-corrected chi connectivity index (χ2v) is 6.29. The normalized spacial score (nSPS) is 21.7. The number of fused-ring (bicyclic) bond motifs is 1. The summed E-state index contributed by atoms with van der Waals surface area (Å²) in [5.74, 6) is 3.89. The molecular formula is C17H22N7+. The summed E-state index contributed by atoms with van der Waals surface area (Å²) in [6.45, 7) is 6.38. The molecule has 0 radical (unpaired) electrons. The molecule has 0 bridgehead atoms. The molecule has 0 aromatic carbocycles. The summed E-state index contributed by atoms with van der Waals surface area (Å²) >= 11 is 0. The Bertz CT molecular complexity index is 817. The Labute approximate surface area is 141 Å². The summed E-state index contributed by atoms with van der Waals surface area (Å²) in [5.41, 5.74) is 1.20. The zero-order chi connectivity index (χ0) is 16.8. The maximum Gasteiger partial charge on any atom is 0.237 e. The van der Waals surface area contributed by atoms with Crippen molar-refractivity contribution >= 4 is 23.3 Å². The second kappa shape index (κ2) is 5.36. The van der Waals surface area contributed by atoms with E-state index in [2.05, 4.69) is 81.1 Å². The molecule has 24 heavy (non-hydrogen) atoms. The molecule has 0 saturated carbocycles. The number of aryl methyl sites for hydroxylation is 1. The molecule has 0 fully saturated rings. The Kier molecular flexibility index (Phi) is 3.30. The summed E-state index contributed by atoms with van der Waals surface area (Å²) in [7, 11) is 2.09. The van der Waals surface area contributed by atoms with Crippen molar-refractivity contribution in [2.24, 2.45) is 7.05 Å². The third-order valence-electron chi connectivity index (χ3n) is 4.54. The number of aromatic nitrogens is 3. The minimum atomic E-state index is 0.0907. The summed E-state index contributed by atoms with van der Waals surface area (Å²) in [6, 6.07) is 4.38. The van der Waals surface area contributed by atoms with Gasteiger partial charge in [-0.15, -0.1) is 0 Å². The molecule has 2 atom stereocenters. The molecule has 0 aliphatic carbocycles. The van der Waals surface area contributed by atoms with Crippen LogP contribution in [0.5, 0.6) is 0 Å². The highest BCUT2D eigenvalue weighted by Crippen LogP contribution is 2.36. The highest BCUT2D eigenvalue weighted by molar-refractivity contribution is 5.74. The van der Waals surface area contributed by atoms with E-state index < -0.39 is 0 Å². The molecule has 2 aliphatic heterocycles. The van der Waals surface area contributed by atoms with E-state index in [9.17, 15) is 0 Å². The maximum atomic E-state index is 4.53. The molecule has 2 aromatic rings. The van der Waals surface area contributed by atoms with Gasteiger partial charge in [0.2, 0.25) is 17.5 Å². The van der Waals surface area contributed by atoms with Gasteiger partial charge in [0.05, 0.1) is 13.2 Å². The predicted molar refractivity (Wildman–Crippen MR) is 93.8 cm³/mol. The first-order valence-corrected chi connectivity index (χ1v) is 8.15. The minimum absolute atomic E-state index is 0.0907. The van der Waals surface area contributed by atoms with Gasteiger partial charge in [0.15, 0.2) is 12.0 Å². The number of nitrogens with one attached hydrogen (secondary N) is 2. The third-order valence-corrected chi connectivity index (χ3v) is 4.54. The molecule has 7 nitrogen and oxygen atoms in total. The zero-order valence-electron chi connectivity index (χ0n) is 14.4. The van der Waals surface area contributed by atoms with Crippen LogP contribution in [0.2, 0.25) is 0 Å². The van der Waals surface area contributed by atoms with E-state index in [-0.39, 0.29) is 12.3 Å². The van der Waals surface area contributed by atoms with Gasteiger partial charge in [0.1, 0.15) is 6.17 Å². The Morgan fingerprint density at radius 1 is 1.08 bits per heavy atom. The van der Waals surface area contributed by atoms with Gasteiger partial charge in [-0.2, -0.15) is 0 Å². The van der Waals surface area contributed by atoms with Crippen LogP contribution in [-0.2, 0) is 7.05 Å². The van der Waals surface area contributed by atoms with Crippen LogP contribution in [0.3, 0.4) is 0 Å². The summed E-state index contributed by atoms with van der Waals surface area (Å²) in [5, 5.41) is 6.70. The van der Waals surface area contributed by atoms with Gasteiger partial charge >= 0.3 is 0 Å². The lowest BCUT2D eigenvalue weighted by Crippen LogP contribution is -2.46. The number of rotatable bonds is 2. The number of anilines is 4. The van der Waals surface area contributed by atoms with Gasteiger partial charge in [-0.3, -0.25) is 0 Å². The molecule has 0 spiro atoms. The van der Waals surface area contributed by atoms with Crippen molar-refractivity contribution in [3.8, 4) is 0 Å². The average Bonchev–Trinajstić information content (AvgIpc) is 3.12. The van der Waals surface area contributed by atoms with E-state index in [0.717, 1.165) is 23.3 Å². The molecule has 2 aliphatic rings. The van der Waals surface area contributed by atoms with Crippen molar-refractivity contribution in [2.45, 2.75) is 33.1 Å². The van der Waals surface area contributed by atoms with Crippen LogP contribution in [0.1, 0.15) is 19.4 Å². The molecule has 7 heteroatoms. The van der Waals surface area contributed by atoms with Gasteiger partial charge in [-0.05, 0) is 26.3 Å². The molecule has 4 heterocycles. The summed E-state index contributed by atoms with van der Waals surface area (Å²) in [4.78, 5) is 13.3. The fourth-order valence-electron chi connectivity index (χ4n) is 3.35. The van der Waals surface area contributed by atoms with Crippen molar-refractivity contribution in [3.05, 3.63) is 42.5 Å². The van der Waals surface area contributed by atoms with E-state index in [1.165, 1.54) is 5.56 Å². The van der Waals surface area contributed by atoms with Crippen LogP contribution in [-0.4, -0.2) is 22.3 Å². The first-order valence-electron chi connectivity index (χ1n) is 8.15. The zero-order valence-corrected chi connectivity index (χ0v) is 14.4. The second-order valence-electron chi connectivity index (χ2n) is 6.29. The largest absolute Gasteiger partial charge is 0.357 e. The third kappa shape index (κ3) is 2.16. The number of pyridine rings is 1. The van der Waals surface area contributed by atoms with E-state index in [1.807, 2.05) is 6.20 Å². The Morgan fingerprint density at radius 3 is 2.58 bits per heavy atom. The first-order chi connectivity index (χ1) is 11.6. The van der Waals surface area contributed by atoms with Crippen LogP contribution in [0.4, 0.5) is 23.3 Å². The lowest BCUT2D eigenvalue weighted by Gasteiger charge is -2.24. The van der Waals surface area contributed by atoms with Crippen LogP contribution in [0.25, 0.3) is 0 Å². The Morgan fingerprint density at radius 2 is 1.83 bits per heavy atom. The summed E-state index contributed by atoms with van der Waals surface area (Å²) < 4.78 is 2.20. The topological polar surface area (TPSA) is 60.2 Å². The number of hydrogen-bond donors (Lipinski definition) is 2. The molecule has 4 rings (SSSR count). The predicted octanol–water partition coefficient (Wildman–Crippen LogP) is 1.75. The molecule has 2 N–H and O–H groups in total. The number of hydrogen-bond acceptors (Lipinski definition) is 6. The van der Waals surface area contributed by atoms with Crippen molar-refractivity contribution in [3.63, 3.8) is 0 Å². The Hall–Kier alpha value is -2.83. The molecule has 0 saturated heterocycles. The van der Waals surface area contributed by atoms with Crippen molar-refractivity contribution in [2.75, 3.05) is 15.1 Å². The van der Waals surface area contributed by atoms with Gasteiger partial charge in [0.25, 0.3) is 0 Å². The highest BCUT2D eigenvalue weighted by Gasteiger charge is 2.36. The first kappa shape index (κ1) is 14.7. The average molecular weight is 324 g/mol. The van der Waals surface area contributed by atoms with E-state index in [4.69, 9.17) is 0 Å². The molecular weight excluding hydrogens is 302 g/mol. The quantitative estimate of drug-likeness (QED) is 0.821. The molecule has 0 amide bonds. The van der Waals surface area contributed by atoms with Crippen LogP contribution >= 0.6 is 0 Å². The van der Waals surface area contributed by atoms with E-state index >= 15 is 0 Å². The standard InChI is InChI=1S/C17H22N7/c1-11-9-14(23-8-7-18-12(23)2)22(4)15(10-11)24-13(3)21-16-17(24)20-6-5-19-16/h5-10,12-13,18H,1-4H3,(H,19,21)/q+1/t12-,13+/m0/s1. The number of nitrogens with zero attached hydrogens (tertiary/aromatic N) is 5. The molecule has 0 unspecified atom stereocenters. The lowest BCUT2D eigenvalue weighted by atomic mass is 10.2. The van der Waals surface area contributed by atoms with Gasteiger partial charge < -0.3 is 10.6 Å². The fourth-order valence-corrected chi connectivity index (χ4v) is 3.35. The molecule has 2 aromatic heterocycles. The van der Waals surface area contributed by atoms with E-state index in [1.54, 1.807) is 12.4 Å². The van der Waals surface area contributed by atoms with Crippen LogP contribution in [0, 0.1) is 6.92 Å². The minimum Gasteiger partial charge on any atom is -0.357 e. The Balaban J connectivity index is 1.85. The maximum absolute atomic E-state index is 4.53. The van der Waals surface area contributed by atoms with Gasteiger partial charge in [0, 0.05) is 30.7 Å². The molecule has 124 valence electrons. The van der Waals surface area contributed by atoms with Crippen molar-refractivity contribution in [1.82, 2.24) is 15.3 Å². The SMILES string of the molecule is Cc1cc(N2C=CN[C@@H]2C)[n+](C)c(N2c3nccnc3N[C@H]2C)c1. The summed E-state index contributed by atoms with van der Waals surface area (Å²) in [6.07, 6.45) is 7.82.